The lowest BCUT2D eigenvalue weighted by Crippen LogP contribution is -2.55. The molecule has 1 N–H and O–H groups in total. The Morgan fingerprint density at radius 2 is 2.26 bits per heavy atom. The van der Waals surface area contributed by atoms with E-state index in [1.165, 1.54) is 19.3 Å². The van der Waals surface area contributed by atoms with Gasteiger partial charge in [0.25, 0.3) is 0 Å². The molecule has 1 spiro atoms. The normalized spacial score (nSPS) is 22.6. The van der Waals surface area contributed by atoms with Crippen LogP contribution >= 0.6 is 12.2 Å². The average molecular weight is 284 g/mol. The number of rotatable bonds is 3. The van der Waals surface area contributed by atoms with E-state index in [1.807, 2.05) is 7.05 Å². The number of nitrogens with zero attached hydrogens (tertiary/aromatic N) is 4. The smallest absolute Gasteiger partial charge is 0.198 e. The third-order valence-electron chi connectivity index (χ3n) is 4.20. The van der Waals surface area contributed by atoms with Crippen LogP contribution in [0.1, 0.15) is 25.1 Å². The molecule has 0 aromatic carbocycles. The van der Waals surface area contributed by atoms with Gasteiger partial charge in [-0.15, -0.1) is 0 Å². The second kappa shape index (κ2) is 4.97. The van der Waals surface area contributed by atoms with Crippen molar-refractivity contribution in [1.82, 2.24) is 19.2 Å². The molecule has 3 rings (SSSR count). The highest BCUT2D eigenvalue weighted by Gasteiger charge is 2.42. The minimum absolute atomic E-state index is 0.0831. The maximum atomic E-state index is 9.22. The second-order valence-corrected chi connectivity index (χ2v) is 5.86. The highest BCUT2D eigenvalue weighted by atomic mass is 32.1. The van der Waals surface area contributed by atoms with Crippen LogP contribution in [-0.2, 0) is 25.1 Å². The quantitative estimate of drug-likeness (QED) is 0.826. The van der Waals surface area contributed by atoms with Gasteiger partial charge in [0.1, 0.15) is 6.61 Å². The SMILES string of the molecule is Cn1c(CO)nn(CN2CCOC3(CCC3)C2)c1=S. The summed E-state index contributed by atoms with van der Waals surface area (Å²) in [6.07, 6.45) is 3.60. The number of aromatic nitrogens is 3. The fourth-order valence-corrected chi connectivity index (χ4v) is 3.07. The molecule has 2 aliphatic rings. The van der Waals surface area contributed by atoms with Crippen molar-refractivity contribution in [1.29, 1.82) is 0 Å². The van der Waals surface area contributed by atoms with E-state index in [4.69, 9.17) is 17.0 Å². The van der Waals surface area contributed by atoms with E-state index in [0.717, 1.165) is 19.7 Å². The van der Waals surface area contributed by atoms with Crippen molar-refractivity contribution in [3.05, 3.63) is 10.6 Å². The van der Waals surface area contributed by atoms with Crippen LogP contribution in [0.2, 0.25) is 0 Å². The van der Waals surface area contributed by atoms with Crippen molar-refractivity contribution in [3.8, 4) is 0 Å². The molecule has 0 amide bonds. The molecule has 1 saturated carbocycles. The molecular formula is C12H20N4O2S. The summed E-state index contributed by atoms with van der Waals surface area (Å²) in [5.41, 5.74) is 0.0923. The molecule has 1 saturated heterocycles. The van der Waals surface area contributed by atoms with Gasteiger partial charge in [0.2, 0.25) is 0 Å². The first-order valence-electron chi connectivity index (χ1n) is 6.73. The third kappa shape index (κ3) is 2.35. The zero-order valence-corrected chi connectivity index (χ0v) is 12.0. The maximum absolute atomic E-state index is 9.22. The van der Waals surface area contributed by atoms with E-state index in [-0.39, 0.29) is 12.2 Å². The molecule has 1 aromatic heterocycles. The topological polar surface area (TPSA) is 55.5 Å². The largest absolute Gasteiger partial charge is 0.388 e. The van der Waals surface area contributed by atoms with E-state index < -0.39 is 0 Å². The first-order valence-corrected chi connectivity index (χ1v) is 7.14. The number of morpholine rings is 1. The van der Waals surface area contributed by atoms with Gasteiger partial charge in [-0.3, -0.25) is 4.90 Å². The molecule has 2 fully saturated rings. The maximum Gasteiger partial charge on any atom is 0.198 e. The van der Waals surface area contributed by atoms with Gasteiger partial charge in [-0.25, -0.2) is 4.68 Å². The molecule has 2 heterocycles. The van der Waals surface area contributed by atoms with Crippen LogP contribution in [0, 0.1) is 4.77 Å². The van der Waals surface area contributed by atoms with Gasteiger partial charge in [-0.1, -0.05) is 0 Å². The van der Waals surface area contributed by atoms with Gasteiger partial charge in [-0.2, -0.15) is 5.10 Å². The first-order chi connectivity index (χ1) is 9.13. The summed E-state index contributed by atoms with van der Waals surface area (Å²) in [6.45, 7) is 3.25. The van der Waals surface area contributed by atoms with Crippen LogP contribution in [0.3, 0.4) is 0 Å². The van der Waals surface area contributed by atoms with Crippen LogP contribution < -0.4 is 0 Å². The fraction of sp³-hybridized carbons (Fsp3) is 0.833. The monoisotopic (exact) mass is 284 g/mol. The van der Waals surface area contributed by atoms with Crippen molar-refractivity contribution in [2.24, 2.45) is 7.05 Å². The van der Waals surface area contributed by atoms with Crippen molar-refractivity contribution < 1.29 is 9.84 Å². The summed E-state index contributed by atoms with van der Waals surface area (Å²) < 4.78 is 10.1. The Kier molecular flexibility index (Phi) is 3.46. The van der Waals surface area contributed by atoms with E-state index in [0.29, 0.717) is 17.3 Å². The molecule has 1 aliphatic heterocycles. The lowest BCUT2D eigenvalue weighted by Gasteiger charge is -2.48. The standard InChI is InChI=1S/C12H20N4O2S/c1-14-10(7-17)13-16(11(14)19)9-15-5-6-18-12(8-15)3-2-4-12/h17H,2-9H2,1H3. The van der Waals surface area contributed by atoms with Gasteiger partial charge in [0.15, 0.2) is 10.6 Å². The fourth-order valence-electron chi connectivity index (χ4n) is 2.87. The Hall–Kier alpha value is -0.760. The average Bonchev–Trinajstić information content (AvgIpc) is 2.65. The number of aliphatic hydroxyl groups is 1. The van der Waals surface area contributed by atoms with E-state index in [1.54, 1.807) is 9.25 Å². The van der Waals surface area contributed by atoms with Gasteiger partial charge in [0.05, 0.1) is 18.9 Å². The Morgan fingerprint density at radius 1 is 1.47 bits per heavy atom. The highest BCUT2D eigenvalue weighted by Crippen LogP contribution is 2.38. The van der Waals surface area contributed by atoms with E-state index >= 15 is 0 Å². The van der Waals surface area contributed by atoms with E-state index in [2.05, 4.69) is 10.00 Å². The van der Waals surface area contributed by atoms with Crippen molar-refractivity contribution in [2.45, 2.75) is 38.1 Å². The predicted molar refractivity (Wildman–Crippen MR) is 72.1 cm³/mol. The Labute approximate surface area is 117 Å². The predicted octanol–water partition coefficient (Wildman–Crippen LogP) is 0.656. The molecule has 0 bridgehead atoms. The van der Waals surface area contributed by atoms with Crippen LogP contribution in [0.4, 0.5) is 0 Å². The molecule has 6 nitrogen and oxygen atoms in total. The number of hydrogen-bond acceptors (Lipinski definition) is 5. The van der Waals surface area contributed by atoms with Gasteiger partial charge >= 0.3 is 0 Å². The number of ether oxygens (including phenoxy) is 1. The second-order valence-electron chi connectivity index (χ2n) is 5.49. The Balaban J connectivity index is 1.72. The van der Waals surface area contributed by atoms with Gasteiger partial charge in [-0.05, 0) is 31.5 Å². The molecule has 106 valence electrons. The van der Waals surface area contributed by atoms with Gasteiger partial charge in [0, 0.05) is 20.1 Å². The van der Waals surface area contributed by atoms with Crippen molar-refractivity contribution >= 4 is 12.2 Å². The third-order valence-corrected chi connectivity index (χ3v) is 4.68. The highest BCUT2D eigenvalue weighted by molar-refractivity contribution is 7.71. The van der Waals surface area contributed by atoms with Crippen LogP contribution in [0.15, 0.2) is 0 Å². The summed E-state index contributed by atoms with van der Waals surface area (Å²) in [6, 6.07) is 0. The minimum atomic E-state index is -0.0831. The molecular weight excluding hydrogens is 264 g/mol. The number of aliphatic hydroxyl groups excluding tert-OH is 1. The Bertz CT molecular complexity index is 520. The molecule has 0 radical (unpaired) electrons. The molecule has 0 unspecified atom stereocenters. The summed E-state index contributed by atoms with van der Waals surface area (Å²) >= 11 is 5.34. The van der Waals surface area contributed by atoms with Crippen LogP contribution in [0.5, 0.6) is 0 Å². The summed E-state index contributed by atoms with van der Waals surface area (Å²) in [5, 5.41) is 13.6. The Morgan fingerprint density at radius 3 is 2.84 bits per heavy atom. The molecule has 1 aliphatic carbocycles. The molecule has 19 heavy (non-hydrogen) atoms. The van der Waals surface area contributed by atoms with E-state index in [9.17, 15) is 5.11 Å². The van der Waals surface area contributed by atoms with Crippen molar-refractivity contribution in [2.75, 3.05) is 19.7 Å². The lowest BCUT2D eigenvalue weighted by molar-refractivity contribution is -0.157. The summed E-state index contributed by atoms with van der Waals surface area (Å²) in [5.74, 6) is 0.608. The molecule has 7 heteroatoms. The first kappa shape index (κ1) is 13.2. The van der Waals surface area contributed by atoms with Crippen LogP contribution in [0.25, 0.3) is 0 Å². The number of hydrogen-bond donors (Lipinski definition) is 1. The zero-order valence-electron chi connectivity index (χ0n) is 11.2. The summed E-state index contributed by atoms with van der Waals surface area (Å²) in [7, 11) is 1.84. The molecule has 0 atom stereocenters. The van der Waals surface area contributed by atoms with Crippen LogP contribution in [-0.4, -0.2) is 49.7 Å². The molecule has 1 aromatic rings. The van der Waals surface area contributed by atoms with Crippen molar-refractivity contribution in [3.63, 3.8) is 0 Å². The van der Waals surface area contributed by atoms with Gasteiger partial charge < -0.3 is 14.4 Å². The summed E-state index contributed by atoms with van der Waals surface area (Å²) in [4.78, 5) is 2.34. The zero-order chi connectivity index (χ0) is 13.5. The lowest BCUT2D eigenvalue weighted by atomic mass is 9.79. The minimum Gasteiger partial charge on any atom is -0.388 e.